The summed E-state index contributed by atoms with van der Waals surface area (Å²) in [6, 6.07) is 26.9. The van der Waals surface area contributed by atoms with Crippen LogP contribution in [0.3, 0.4) is 0 Å². The molecule has 32 heavy (non-hydrogen) atoms. The average molecular weight is 446 g/mol. The lowest BCUT2D eigenvalue weighted by Gasteiger charge is -2.32. The number of piperidine rings is 1. The summed E-state index contributed by atoms with van der Waals surface area (Å²) in [5.41, 5.74) is 3.23. The van der Waals surface area contributed by atoms with Crippen LogP contribution in [-0.4, -0.2) is 30.5 Å². The van der Waals surface area contributed by atoms with Crippen molar-refractivity contribution in [2.45, 2.75) is 36.8 Å². The van der Waals surface area contributed by atoms with Crippen molar-refractivity contribution in [2.24, 2.45) is 5.92 Å². The molecule has 3 nitrogen and oxygen atoms in total. The maximum absolute atomic E-state index is 13.2. The van der Waals surface area contributed by atoms with Gasteiger partial charge in [-0.2, -0.15) is 0 Å². The number of likely N-dealkylation sites (tertiary alicyclic amines) is 1. The van der Waals surface area contributed by atoms with Crippen LogP contribution in [0, 0.1) is 5.92 Å². The smallest absolute Gasteiger partial charge is 0.253 e. The van der Waals surface area contributed by atoms with E-state index in [9.17, 15) is 4.79 Å². The zero-order valence-electron chi connectivity index (χ0n) is 18.7. The van der Waals surface area contributed by atoms with E-state index in [4.69, 9.17) is 4.74 Å². The molecule has 1 fully saturated rings. The summed E-state index contributed by atoms with van der Waals surface area (Å²) in [5.74, 6) is 2.44. The fourth-order valence-corrected chi connectivity index (χ4v) is 5.17. The maximum Gasteiger partial charge on any atom is 0.253 e. The van der Waals surface area contributed by atoms with Crippen molar-refractivity contribution < 1.29 is 9.53 Å². The molecule has 0 saturated carbocycles. The molecule has 1 saturated heterocycles. The summed E-state index contributed by atoms with van der Waals surface area (Å²) in [5, 5.41) is 0. The highest BCUT2D eigenvalue weighted by atomic mass is 32.2. The molecule has 0 N–H and O–H groups in total. The van der Waals surface area contributed by atoms with Crippen LogP contribution in [0.15, 0.2) is 83.8 Å². The first-order valence-corrected chi connectivity index (χ1v) is 12.5. The fourth-order valence-electron chi connectivity index (χ4n) is 4.27. The van der Waals surface area contributed by atoms with Crippen LogP contribution in [0.1, 0.15) is 41.3 Å². The van der Waals surface area contributed by atoms with Gasteiger partial charge in [0.25, 0.3) is 5.91 Å². The van der Waals surface area contributed by atoms with Crippen molar-refractivity contribution in [1.82, 2.24) is 4.90 Å². The van der Waals surface area contributed by atoms with E-state index in [1.165, 1.54) is 10.5 Å². The van der Waals surface area contributed by atoms with Crippen LogP contribution in [0.4, 0.5) is 0 Å². The topological polar surface area (TPSA) is 29.5 Å². The SMILES string of the molecule is CCOc1ccc(C(=O)N2CCC(Cc3ccccc3)CC2)cc1CSc1ccccc1. The van der Waals surface area contributed by atoms with Gasteiger partial charge in [0.1, 0.15) is 5.75 Å². The fraction of sp³-hybridized carbons (Fsp3) is 0.321. The minimum Gasteiger partial charge on any atom is -0.494 e. The Morgan fingerprint density at radius 1 is 0.969 bits per heavy atom. The molecule has 1 aliphatic heterocycles. The highest BCUT2D eigenvalue weighted by Gasteiger charge is 2.24. The zero-order chi connectivity index (χ0) is 22.2. The molecule has 166 valence electrons. The van der Waals surface area contributed by atoms with Gasteiger partial charge in [0.2, 0.25) is 0 Å². The highest BCUT2D eigenvalue weighted by Crippen LogP contribution is 2.30. The normalized spacial score (nSPS) is 14.3. The zero-order valence-corrected chi connectivity index (χ0v) is 19.5. The molecule has 0 unspecified atom stereocenters. The number of carbonyl (C=O) groups is 1. The highest BCUT2D eigenvalue weighted by molar-refractivity contribution is 7.98. The van der Waals surface area contributed by atoms with Crippen LogP contribution in [0.5, 0.6) is 5.75 Å². The van der Waals surface area contributed by atoms with Crippen molar-refractivity contribution in [2.75, 3.05) is 19.7 Å². The Morgan fingerprint density at radius 2 is 1.66 bits per heavy atom. The number of amides is 1. The van der Waals surface area contributed by atoms with E-state index in [1.807, 2.05) is 48.2 Å². The van der Waals surface area contributed by atoms with E-state index in [2.05, 4.69) is 42.5 Å². The first-order valence-electron chi connectivity index (χ1n) is 11.5. The summed E-state index contributed by atoms with van der Waals surface area (Å²) in [6.45, 7) is 4.27. The molecule has 1 amide bonds. The van der Waals surface area contributed by atoms with Gasteiger partial charge in [0, 0.05) is 34.9 Å². The lowest BCUT2D eigenvalue weighted by Crippen LogP contribution is -2.39. The van der Waals surface area contributed by atoms with E-state index in [1.54, 1.807) is 11.8 Å². The first-order chi connectivity index (χ1) is 15.7. The molecule has 0 aromatic heterocycles. The quantitative estimate of drug-likeness (QED) is 0.372. The third-order valence-electron chi connectivity index (χ3n) is 6.01. The maximum atomic E-state index is 13.2. The minimum absolute atomic E-state index is 0.136. The van der Waals surface area contributed by atoms with Gasteiger partial charge in [-0.05, 0) is 68.0 Å². The van der Waals surface area contributed by atoms with Crippen LogP contribution >= 0.6 is 11.8 Å². The van der Waals surface area contributed by atoms with Crippen molar-refractivity contribution >= 4 is 17.7 Å². The second-order valence-corrected chi connectivity index (χ2v) is 9.33. The van der Waals surface area contributed by atoms with Crippen LogP contribution in [-0.2, 0) is 12.2 Å². The standard InChI is InChI=1S/C28H31NO2S/c1-2-31-27-14-13-24(20-25(27)21-32-26-11-7-4-8-12-26)28(30)29-17-15-23(16-18-29)19-22-9-5-3-6-10-22/h3-14,20,23H,2,15-19,21H2,1H3. The summed E-state index contributed by atoms with van der Waals surface area (Å²) in [7, 11) is 0. The van der Waals surface area contributed by atoms with E-state index in [0.717, 1.165) is 55.0 Å². The lowest BCUT2D eigenvalue weighted by molar-refractivity contribution is 0.0690. The van der Waals surface area contributed by atoms with E-state index >= 15 is 0 Å². The molecule has 4 heteroatoms. The van der Waals surface area contributed by atoms with Gasteiger partial charge in [-0.3, -0.25) is 4.79 Å². The first kappa shape index (κ1) is 22.5. The summed E-state index contributed by atoms with van der Waals surface area (Å²) < 4.78 is 5.84. The second kappa shape index (κ2) is 11.2. The van der Waals surface area contributed by atoms with Crippen LogP contribution in [0.2, 0.25) is 0 Å². The largest absolute Gasteiger partial charge is 0.494 e. The second-order valence-electron chi connectivity index (χ2n) is 8.28. The van der Waals surface area contributed by atoms with Gasteiger partial charge in [0.05, 0.1) is 6.61 Å². The number of ether oxygens (including phenoxy) is 1. The predicted molar refractivity (Wildman–Crippen MR) is 132 cm³/mol. The number of benzene rings is 3. The lowest BCUT2D eigenvalue weighted by atomic mass is 9.90. The number of hydrogen-bond acceptors (Lipinski definition) is 3. The van der Waals surface area contributed by atoms with E-state index in [0.29, 0.717) is 12.5 Å². The third kappa shape index (κ3) is 5.95. The molecular weight excluding hydrogens is 414 g/mol. The number of carbonyl (C=O) groups excluding carboxylic acids is 1. The molecule has 0 aliphatic carbocycles. The molecular formula is C28H31NO2S. The van der Waals surface area contributed by atoms with Gasteiger partial charge in [0.15, 0.2) is 0 Å². The van der Waals surface area contributed by atoms with Gasteiger partial charge >= 0.3 is 0 Å². The Kier molecular flexibility index (Phi) is 7.89. The molecule has 4 rings (SSSR count). The molecule has 0 bridgehead atoms. The van der Waals surface area contributed by atoms with Gasteiger partial charge < -0.3 is 9.64 Å². The molecule has 0 radical (unpaired) electrons. The van der Waals surface area contributed by atoms with Crippen molar-refractivity contribution in [3.63, 3.8) is 0 Å². The van der Waals surface area contributed by atoms with Crippen LogP contribution < -0.4 is 4.74 Å². The molecule has 0 atom stereocenters. The van der Waals surface area contributed by atoms with E-state index in [-0.39, 0.29) is 5.91 Å². The summed E-state index contributed by atoms with van der Waals surface area (Å²) in [4.78, 5) is 16.5. The summed E-state index contributed by atoms with van der Waals surface area (Å²) in [6.07, 6.45) is 3.23. The van der Waals surface area contributed by atoms with Crippen molar-refractivity contribution in [1.29, 1.82) is 0 Å². The Bertz CT molecular complexity index is 998. The van der Waals surface area contributed by atoms with Crippen molar-refractivity contribution in [3.8, 4) is 5.75 Å². The summed E-state index contributed by atoms with van der Waals surface area (Å²) >= 11 is 1.77. The van der Waals surface area contributed by atoms with Gasteiger partial charge in [-0.15, -0.1) is 11.8 Å². The number of rotatable bonds is 8. The van der Waals surface area contributed by atoms with E-state index < -0.39 is 0 Å². The molecule has 3 aromatic rings. The van der Waals surface area contributed by atoms with Gasteiger partial charge in [-0.25, -0.2) is 0 Å². The average Bonchev–Trinajstić information content (AvgIpc) is 2.85. The Morgan fingerprint density at radius 3 is 2.34 bits per heavy atom. The molecule has 3 aromatic carbocycles. The third-order valence-corrected chi connectivity index (χ3v) is 7.07. The Balaban J connectivity index is 1.39. The number of thioether (sulfide) groups is 1. The predicted octanol–water partition coefficient (Wildman–Crippen LogP) is 6.47. The molecule has 1 heterocycles. The van der Waals surface area contributed by atoms with Gasteiger partial charge in [-0.1, -0.05) is 48.5 Å². The van der Waals surface area contributed by atoms with Crippen LogP contribution in [0.25, 0.3) is 0 Å². The number of hydrogen-bond donors (Lipinski definition) is 0. The Labute approximate surface area is 195 Å². The Hall–Kier alpha value is -2.72. The molecule has 1 aliphatic rings. The number of nitrogens with zero attached hydrogens (tertiary/aromatic N) is 1. The molecule has 0 spiro atoms. The minimum atomic E-state index is 0.136. The van der Waals surface area contributed by atoms with Crippen molar-refractivity contribution in [3.05, 3.63) is 95.6 Å². The monoisotopic (exact) mass is 445 g/mol.